The molecule has 2 atom stereocenters. The zero-order valence-electron chi connectivity index (χ0n) is 8.88. The summed E-state index contributed by atoms with van der Waals surface area (Å²) in [6.07, 6.45) is 7.77. The maximum absolute atomic E-state index is 10.6. The molecule has 0 radical (unpaired) electrons. The van der Waals surface area contributed by atoms with Gasteiger partial charge in [-0.3, -0.25) is 4.57 Å². The van der Waals surface area contributed by atoms with Crippen LogP contribution in [0.25, 0.3) is 0 Å². The maximum atomic E-state index is 10.6. The largest absolute Gasteiger partial charge is 0.346 e. The molecule has 2 nitrogen and oxygen atoms in total. The summed E-state index contributed by atoms with van der Waals surface area (Å²) in [4.78, 5) is 8.80. The first kappa shape index (κ1) is 13.2. The van der Waals surface area contributed by atoms with Crippen LogP contribution in [-0.2, 0) is 4.57 Å². The van der Waals surface area contributed by atoms with Gasteiger partial charge in [-0.1, -0.05) is 46.0 Å². The molecule has 0 saturated carbocycles. The van der Waals surface area contributed by atoms with Gasteiger partial charge in [0.1, 0.15) is 0 Å². The van der Waals surface area contributed by atoms with E-state index in [2.05, 4.69) is 13.8 Å². The topological polar surface area (TPSA) is 37.3 Å². The fraction of sp³-hybridized carbons (Fsp3) is 1.00. The first-order valence-corrected chi connectivity index (χ1v) is 6.98. The van der Waals surface area contributed by atoms with E-state index in [1.54, 1.807) is 0 Å². The number of rotatable bonds is 8. The molecule has 0 aromatic rings. The second kappa shape index (κ2) is 8.77. The Morgan fingerprint density at radius 1 is 1.23 bits per heavy atom. The lowest BCUT2D eigenvalue weighted by Crippen LogP contribution is -2.01. The van der Waals surface area contributed by atoms with Crippen molar-refractivity contribution in [2.45, 2.75) is 52.4 Å². The average molecular weight is 206 g/mol. The molecule has 0 rings (SSSR count). The van der Waals surface area contributed by atoms with E-state index in [0.717, 1.165) is 12.8 Å². The minimum Gasteiger partial charge on any atom is -0.346 e. The molecule has 0 aromatic heterocycles. The Kier molecular flexibility index (Phi) is 8.90. The smallest absolute Gasteiger partial charge is 0.189 e. The van der Waals surface area contributed by atoms with Crippen LogP contribution in [0.5, 0.6) is 0 Å². The Morgan fingerprint density at radius 3 is 2.38 bits per heavy atom. The monoisotopic (exact) mass is 206 g/mol. The van der Waals surface area contributed by atoms with E-state index in [4.69, 9.17) is 4.89 Å². The van der Waals surface area contributed by atoms with Crippen molar-refractivity contribution in [3.05, 3.63) is 0 Å². The third kappa shape index (κ3) is 8.52. The lowest BCUT2D eigenvalue weighted by Gasteiger charge is -2.11. The molecule has 0 aromatic carbocycles. The van der Waals surface area contributed by atoms with Gasteiger partial charge in [0.2, 0.25) is 0 Å². The summed E-state index contributed by atoms with van der Waals surface area (Å²) in [5.41, 5.74) is 0. The van der Waals surface area contributed by atoms with Crippen LogP contribution in [0.4, 0.5) is 0 Å². The minimum absolute atomic E-state index is 0.480. The molecular weight excluding hydrogens is 183 g/mol. The Morgan fingerprint density at radius 2 is 1.92 bits per heavy atom. The van der Waals surface area contributed by atoms with Gasteiger partial charge in [-0.25, -0.2) is 0 Å². The zero-order chi connectivity index (χ0) is 10.1. The Balaban J connectivity index is 3.42. The summed E-state index contributed by atoms with van der Waals surface area (Å²) in [6, 6.07) is 0. The molecule has 0 spiro atoms. The quantitative estimate of drug-likeness (QED) is 0.488. The van der Waals surface area contributed by atoms with Gasteiger partial charge >= 0.3 is 0 Å². The van der Waals surface area contributed by atoms with E-state index in [1.165, 1.54) is 25.7 Å². The molecule has 13 heavy (non-hydrogen) atoms. The Hall–Kier alpha value is 0.190. The number of hydrogen-bond donors (Lipinski definition) is 1. The molecule has 80 valence electrons. The molecule has 0 amide bonds. The van der Waals surface area contributed by atoms with E-state index in [-0.39, 0.29) is 0 Å². The molecule has 0 aliphatic rings. The molecule has 0 saturated heterocycles. The predicted octanol–water partition coefficient (Wildman–Crippen LogP) is 3.45. The third-order valence-corrected chi connectivity index (χ3v) is 3.43. The number of unbranched alkanes of at least 4 members (excludes halogenated alkanes) is 3. The van der Waals surface area contributed by atoms with Gasteiger partial charge in [-0.15, -0.1) is 0 Å². The highest BCUT2D eigenvalue weighted by atomic mass is 31.1. The lowest BCUT2D eigenvalue weighted by atomic mass is 10.0. The summed E-state index contributed by atoms with van der Waals surface area (Å²) in [5.74, 6) is 0.480. The third-order valence-electron chi connectivity index (χ3n) is 2.51. The van der Waals surface area contributed by atoms with Crippen molar-refractivity contribution in [3.63, 3.8) is 0 Å². The van der Waals surface area contributed by atoms with Crippen LogP contribution >= 0.6 is 8.03 Å². The van der Waals surface area contributed by atoms with Crippen LogP contribution in [-0.4, -0.2) is 11.1 Å². The van der Waals surface area contributed by atoms with Crippen molar-refractivity contribution in [3.8, 4) is 0 Å². The van der Waals surface area contributed by atoms with Gasteiger partial charge in [-0.05, 0) is 12.3 Å². The van der Waals surface area contributed by atoms with Crippen molar-refractivity contribution in [1.29, 1.82) is 0 Å². The Labute approximate surface area is 82.6 Å². The molecule has 0 aliphatic heterocycles. The van der Waals surface area contributed by atoms with Gasteiger partial charge in [0.15, 0.2) is 8.03 Å². The van der Waals surface area contributed by atoms with Gasteiger partial charge in [0, 0.05) is 6.16 Å². The summed E-state index contributed by atoms with van der Waals surface area (Å²) in [6.45, 7) is 4.30. The SMILES string of the molecule is CCCCCCC(CC)C[PH](=O)O. The average Bonchev–Trinajstić information content (AvgIpc) is 2.09. The van der Waals surface area contributed by atoms with Crippen LogP contribution in [0.3, 0.4) is 0 Å². The van der Waals surface area contributed by atoms with Crippen molar-refractivity contribution in [2.24, 2.45) is 5.92 Å². The van der Waals surface area contributed by atoms with E-state index >= 15 is 0 Å². The second-order valence-corrected chi connectivity index (χ2v) is 4.92. The zero-order valence-corrected chi connectivity index (χ0v) is 9.88. The van der Waals surface area contributed by atoms with Gasteiger partial charge in [-0.2, -0.15) is 0 Å². The fourth-order valence-corrected chi connectivity index (χ4v) is 2.54. The van der Waals surface area contributed by atoms with Crippen LogP contribution in [0.1, 0.15) is 52.4 Å². The van der Waals surface area contributed by atoms with Gasteiger partial charge in [0.25, 0.3) is 0 Å². The standard InChI is InChI=1S/C10H23O2P/c1-3-5-6-7-8-10(4-2)9-13(11)12/h10,13H,3-9H2,1-2H3,(H,11,12). The van der Waals surface area contributed by atoms with Crippen molar-refractivity contribution in [1.82, 2.24) is 0 Å². The van der Waals surface area contributed by atoms with Crippen molar-refractivity contribution in [2.75, 3.05) is 6.16 Å². The minimum atomic E-state index is -2.24. The first-order chi connectivity index (χ1) is 6.20. The van der Waals surface area contributed by atoms with Crippen LogP contribution in [0.2, 0.25) is 0 Å². The second-order valence-electron chi connectivity index (χ2n) is 3.72. The van der Waals surface area contributed by atoms with E-state index in [9.17, 15) is 4.57 Å². The molecule has 2 unspecified atom stereocenters. The fourth-order valence-electron chi connectivity index (χ4n) is 1.56. The maximum Gasteiger partial charge on any atom is 0.189 e. The first-order valence-electron chi connectivity index (χ1n) is 5.42. The Bertz CT molecular complexity index is 137. The molecule has 0 aliphatic carbocycles. The molecule has 0 bridgehead atoms. The van der Waals surface area contributed by atoms with Gasteiger partial charge < -0.3 is 4.89 Å². The van der Waals surface area contributed by atoms with Crippen LogP contribution in [0, 0.1) is 5.92 Å². The van der Waals surface area contributed by atoms with Crippen molar-refractivity contribution < 1.29 is 9.46 Å². The molecular formula is C10H23O2P. The van der Waals surface area contributed by atoms with Crippen LogP contribution < -0.4 is 0 Å². The molecule has 0 fully saturated rings. The highest BCUT2D eigenvalue weighted by molar-refractivity contribution is 7.38. The highest BCUT2D eigenvalue weighted by Crippen LogP contribution is 2.24. The van der Waals surface area contributed by atoms with E-state index in [0.29, 0.717) is 12.1 Å². The summed E-state index contributed by atoms with van der Waals surface area (Å²) in [5, 5.41) is 0. The van der Waals surface area contributed by atoms with Crippen molar-refractivity contribution >= 4 is 8.03 Å². The molecule has 3 heteroatoms. The summed E-state index contributed by atoms with van der Waals surface area (Å²) in [7, 11) is -2.24. The molecule has 0 heterocycles. The van der Waals surface area contributed by atoms with Gasteiger partial charge in [0.05, 0.1) is 0 Å². The number of hydrogen-bond acceptors (Lipinski definition) is 1. The summed E-state index contributed by atoms with van der Waals surface area (Å²) >= 11 is 0. The highest BCUT2D eigenvalue weighted by Gasteiger charge is 2.08. The predicted molar refractivity (Wildman–Crippen MR) is 58.6 cm³/mol. The van der Waals surface area contributed by atoms with Crippen LogP contribution in [0.15, 0.2) is 0 Å². The summed E-state index contributed by atoms with van der Waals surface area (Å²) < 4.78 is 10.6. The van der Waals surface area contributed by atoms with E-state index < -0.39 is 8.03 Å². The lowest BCUT2D eigenvalue weighted by molar-refractivity contribution is 0.448. The molecule has 1 N–H and O–H groups in total. The van der Waals surface area contributed by atoms with E-state index in [1.807, 2.05) is 0 Å². The normalized spacial score (nSPS) is 15.6.